The second-order valence-electron chi connectivity index (χ2n) is 6.47. The van der Waals surface area contributed by atoms with Gasteiger partial charge in [-0.25, -0.2) is 0 Å². The summed E-state index contributed by atoms with van der Waals surface area (Å²) in [6.07, 6.45) is 8.54. The van der Waals surface area contributed by atoms with Crippen LogP contribution in [0.2, 0.25) is 0 Å². The number of rotatable bonds is 3. The average Bonchev–Trinajstić information content (AvgIpc) is 2.45. The number of aryl methyl sites for hydroxylation is 1. The zero-order chi connectivity index (χ0) is 15.3. The van der Waals surface area contributed by atoms with Crippen LogP contribution < -0.4 is 0 Å². The number of hydrogen-bond acceptors (Lipinski definition) is 0. The van der Waals surface area contributed by atoms with Crippen molar-refractivity contribution in [3.05, 3.63) is 82.9 Å². The van der Waals surface area contributed by atoms with Gasteiger partial charge in [0.15, 0.2) is 0 Å². The molecule has 0 bridgehead atoms. The van der Waals surface area contributed by atoms with E-state index >= 15 is 0 Å². The van der Waals surface area contributed by atoms with Crippen LogP contribution in [-0.4, -0.2) is 0 Å². The molecule has 0 heterocycles. The minimum absolute atomic E-state index is 0.168. The zero-order valence-corrected chi connectivity index (χ0v) is 13.4. The van der Waals surface area contributed by atoms with Crippen LogP contribution in [0, 0.1) is 6.92 Å². The van der Waals surface area contributed by atoms with Gasteiger partial charge in [0.1, 0.15) is 0 Å². The van der Waals surface area contributed by atoms with Crippen LogP contribution in [0.5, 0.6) is 0 Å². The van der Waals surface area contributed by atoms with Crippen molar-refractivity contribution in [3.8, 4) is 0 Å². The van der Waals surface area contributed by atoms with Crippen LogP contribution in [0.25, 0.3) is 12.2 Å². The smallest absolute Gasteiger partial charge is 0.0126 e. The van der Waals surface area contributed by atoms with Crippen molar-refractivity contribution in [3.63, 3.8) is 0 Å². The second-order valence-corrected chi connectivity index (χ2v) is 6.47. The number of allylic oxidation sites excluding steroid dienone is 2. The Labute approximate surface area is 128 Å². The van der Waals surface area contributed by atoms with Gasteiger partial charge in [-0.1, -0.05) is 99.2 Å². The molecule has 2 rings (SSSR count). The summed E-state index contributed by atoms with van der Waals surface area (Å²) in [6.45, 7) is 8.86. The van der Waals surface area contributed by atoms with Gasteiger partial charge < -0.3 is 0 Å². The first-order valence-electron chi connectivity index (χ1n) is 7.48. The standard InChI is InChI=1S/C21H24/c1-17-13-15-18(16-14-17)9-5-6-10-19-11-7-8-12-20(19)21(2,3)4/h5-16H,1-4H3. The van der Waals surface area contributed by atoms with Gasteiger partial charge in [0, 0.05) is 0 Å². The summed E-state index contributed by atoms with van der Waals surface area (Å²) in [4.78, 5) is 0. The SMILES string of the molecule is Cc1ccc(C=CC=Cc2ccccc2C(C)(C)C)cc1. The summed E-state index contributed by atoms with van der Waals surface area (Å²) in [5.41, 5.74) is 5.36. The van der Waals surface area contributed by atoms with Gasteiger partial charge >= 0.3 is 0 Å². The summed E-state index contributed by atoms with van der Waals surface area (Å²) in [5.74, 6) is 0. The third-order valence-corrected chi connectivity index (χ3v) is 3.52. The minimum atomic E-state index is 0.168. The summed E-state index contributed by atoms with van der Waals surface area (Å²) < 4.78 is 0. The Morgan fingerprint density at radius 2 is 1.38 bits per heavy atom. The summed E-state index contributed by atoms with van der Waals surface area (Å²) in [5, 5.41) is 0. The molecular formula is C21H24. The van der Waals surface area contributed by atoms with Gasteiger partial charge in [0.25, 0.3) is 0 Å². The average molecular weight is 276 g/mol. The van der Waals surface area contributed by atoms with E-state index in [9.17, 15) is 0 Å². The summed E-state index contributed by atoms with van der Waals surface area (Å²) in [7, 11) is 0. The zero-order valence-electron chi connectivity index (χ0n) is 13.4. The lowest BCUT2D eigenvalue weighted by molar-refractivity contribution is 0.589. The molecule has 0 aromatic heterocycles. The van der Waals surface area contributed by atoms with Crippen molar-refractivity contribution < 1.29 is 0 Å². The van der Waals surface area contributed by atoms with E-state index in [1.54, 1.807) is 0 Å². The van der Waals surface area contributed by atoms with Crippen molar-refractivity contribution >= 4 is 12.2 Å². The van der Waals surface area contributed by atoms with E-state index in [0.717, 1.165) is 0 Å². The molecule has 0 saturated carbocycles. The predicted octanol–water partition coefficient (Wildman–Crippen LogP) is 6.02. The normalized spacial score (nSPS) is 12.4. The maximum Gasteiger partial charge on any atom is -0.0126 e. The minimum Gasteiger partial charge on any atom is -0.0619 e. The van der Waals surface area contributed by atoms with E-state index in [4.69, 9.17) is 0 Å². The molecule has 0 saturated heterocycles. The second kappa shape index (κ2) is 6.58. The lowest BCUT2D eigenvalue weighted by Gasteiger charge is -2.21. The van der Waals surface area contributed by atoms with Crippen molar-refractivity contribution in [2.75, 3.05) is 0 Å². The Balaban J connectivity index is 2.13. The van der Waals surface area contributed by atoms with E-state index in [1.165, 1.54) is 22.3 Å². The Morgan fingerprint density at radius 1 is 0.762 bits per heavy atom. The lowest BCUT2D eigenvalue weighted by atomic mass is 9.84. The van der Waals surface area contributed by atoms with Gasteiger partial charge in [-0.15, -0.1) is 0 Å². The first-order valence-corrected chi connectivity index (χ1v) is 7.48. The van der Waals surface area contributed by atoms with Crippen LogP contribution in [-0.2, 0) is 5.41 Å². The summed E-state index contributed by atoms with van der Waals surface area (Å²) >= 11 is 0. The third kappa shape index (κ3) is 4.46. The van der Waals surface area contributed by atoms with Gasteiger partial charge in [0.05, 0.1) is 0 Å². The molecule has 108 valence electrons. The molecule has 0 amide bonds. The molecule has 0 atom stereocenters. The van der Waals surface area contributed by atoms with Crippen LogP contribution >= 0.6 is 0 Å². The van der Waals surface area contributed by atoms with Crippen LogP contribution in [0.15, 0.2) is 60.7 Å². The third-order valence-electron chi connectivity index (χ3n) is 3.52. The van der Waals surface area contributed by atoms with Gasteiger partial charge in [-0.3, -0.25) is 0 Å². The monoisotopic (exact) mass is 276 g/mol. The fourth-order valence-corrected chi connectivity index (χ4v) is 2.33. The van der Waals surface area contributed by atoms with E-state index in [-0.39, 0.29) is 5.41 Å². The van der Waals surface area contributed by atoms with Gasteiger partial charge in [0.2, 0.25) is 0 Å². The van der Waals surface area contributed by atoms with E-state index < -0.39 is 0 Å². The molecule has 0 aliphatic carbocycles. The molecule has 0 radical (unpaired) electrons. The molecule has 0 fully saturated rings. The molecule has 2 aromatic rings. The highest BCUT2D eigenvalue weighted by Gasteiger charge is 2.15. The fourth-order valence-electron chi connectivity index (χ4n) is 2.33. The van der Waals surface area contributed by atoms with Crippen LogP contribution in [0.3, 0.4) is 0 Å². The molecule has 0 aliphatic heterocycles. The van der Waals surface area contributed by atoms with Crippen LogP contribution in [0.4, 0.5) is 0 Å². The molecule has 21 heavy (non-hydrogen) atoms. The molecule has 0 heteroatoms. The highest BCUT2D eigenvalue weighted by Crippen LogP contribution is 2.26. The first-order chi connectivity index (χ1) is 9.97. The van der Waals surface area contributed by atoms with Crippen molar-refractivity contribution in [2.24, 2.45) is 0 Å². The highest BCUT2D eigenvalue weighted by atomic mass is 14.2. The molecule has 0 aliphatic rings. The van der Waals surface area contributed by atoms with E-state index in [2.05, 4.69) is 101 Å². The molecule has 0 unspecified atom stereocenters. The Hall–Kier alpha value is -2.08. The van der Waals surface area contributed by atoms with Crippen molar-refractivity contribution in [2.45, 2.75) is 33.1 Å². The Kier molecular flexibility index (Phi) is 4.80. The quantitative estimate of drug-likeness (QED) is 0.601. The van der Waals surface area contributed by atoms with Crippen LogP contribution in [0.1, 0.15) is 43.0 Å². The van der Waals surface area contributed by atoms with E-state index in [1.807, 2.05) is 0 Å². The van der Waals surface area contributed by atoms with Crippen molar-refractivity contribution in [1.29, 1.82) is 0 Å². The number of hydrogen-bond donors (Lipinski definition) is 0. The largest absolute Gasteiger partial charge is 0.0619 e. The molecule has 0 spiro atoms. The van der Waals surface area contributed by atoms with Crippen molar-refractivity contribution in [1.82, 2.24) is 0 Å². The first kappa shape index (κ1) is 15.3. The topological polar surface area (TPSA) is 0 Å². The molecular weight excluding hydrogens is 252 g/mol. The maximum absolute atomic E-state index is 2.25. The Bertz CT molecular complexity index is 634. The van der Waals surface area contributed by atoms with Gasteiger partial charge in [-0.05, 0) is 29.0 Å². The number of benzene rings is 2. The Morgan fingerprint density at radius 3 is 2.05 bits per heavy atom. The molecule has 0 N–H and O–H groups in total. The fraction of sp³-hybridized carbons (Fsp3) is 0.238. The highest BCUT2D eigenvalue weighted by molar-refractivity contribution is 5.60. The van der Waals surface area contributed by atoms with Gasteiger partial charge in [-0.2, -0.15) is 0 Å². The predicted molar refractivity (Wildman–Crippen MR) is 94.4 cm³/mol. The van der Waals surface area contributed by atoms with E-state index in [0.29, 0.717) is 0 Å². The maximum atomic E-state index is 2.25. The molecule has 0 nitrogen and oxygen atoms in total. The lowest BCUT2D eigenvalue weighted by Crippen LogP contribution is -2.12. The summed E-state index contributed by atoms with van der Waals surface area (Å²) in [6, 6.07) is 17.2. The molecule has 2 aromatic carbocycles.